The van der Waals surface area contributed by atoms with Crippen LogP contribution in [-0.2, 0) is 6.54 Å². The van der Waals surface area contributed by atoms with Gasteiger partial charge in [0.15, 0.2) is 0 Å². The van der Waals surface area contributed by atoms with E-state index in [0.29, 0.717) is 18.3 Å². The molecule has 1 aromatic heterocycles. The highest BCUT2D eigenvalue weighted by Crippen LogP contribution is 2.17. The predicted octanol–water partition coefficient (Wildman–Crippen LogP) is 2.25. The fraction of sp³-hybridized carbons (Fsp3) is 0.467. The highest BCUT2D eigenvalue weighted by Gasteiger charge is 2.11. The highest BCUT2D eigenvalue weighted by atomic mass is 16.5. The first-order valence-electron chi connectivity index (χ1n) is 6.81. The van der Waals surface area contributed by atoms with Gasteiger partial charge in [-0.25, -0.2) is 0 Å². The van der Waals surface area contributed by atoms with Crippen molar-refractivity contribution in [2.45, 2.75) is 32.9 Å². The van der Waals surface area contributed by atoms with E-state index in [0.717, 1.165) is 18.5 Å². The van der Waals surface area contributed by atoms with Gasteiger partial charge in [0.25, 0.3) is 0 Å². The van der Waals surface area contributed by atoms with Crippen LogP contribution in [0.25, 0.3) is 11.4 Å². The normalized spacial score (nSPS) is 12.8. The number of aryl methyl sites for hydroxylation is 1. The fourth-order valence-electron chi connectivity index (χ4n) is 1.94. The molecular formula is C15H21N3O2. The summed E-state index contributed by atoms with van der Waals surface area (Å²) in [6, 6.07) is 8.02. The van der Waals surface area contributed by atoms with Crippen LogP contribution < -0.4 is 0 Å². The summed E-state index contributed by atoms with van der Waals surface area (Å²) in [6.45, 7) is 5.20. The van der Waals surface area contributed by atoms with Crippen LogP contribution in [0.4, 0.5) is 0 Å². The van der Waals surface area contributed by atoms with Gasteiger partial charge in [-0.1, -0.05) is 28.9 Å². The maximum atomic E-state index is 9.27. The Morgan fingerprint density at radius 1 is 1.40 bits per heavy atom. The van der Waals surface area contributed by atoms with Crippen molar-refractivity contribution >= 4 is 0 Å². The van der Waals surface area contributed by atoms with E-state index in [1.807, 2.05) is 38.2 Å². The lowest BCUT2D eigenvalue weighted by atomic mass is 10.1. The number of benzene rings is 1. The second-order valence-corrected chi connectivity index (χ2v) is 5.26. The lowest BCUT2D eigenvalue weighted by Gasteiger charge is -2.14. The number of aliphatic hydroxyl groups excluding tert-OH is 1. The molecule has 0 spiro atoms. The number of hydrogen-bond donors (Lipinski definition) is 1. The van der Waals surface area contributed by atoms with E-state index in [-0.39, 0.29) is 6.10 Å². The predicted molar refractivity (Wildman–Crippen MR) is 77.1 cm³/mol. The van der Waals surface area contributed by atoms with Gasteiger partial charge >= 0.3 is 0 Å². The fourth-order valence-corrected chi connectivity index (χ4v) is 1.94. The first-order valence-corrected chi connectivity index (χ1v) is 6.81. The van der Waals surface area contributed by atoms with Gasteiger partial charge in [0.2, 0.25) is 11.7 Å². The van der Waals surface area contributed by atoms with Crippen LogP contribution in [0.1, 0.15) is 24.8 Å². The zero-order valence-electron chi connectivity index (χ0n) is 12.2. The van der Waals surface area contributed by atoms with Crippen molar-refractivity contribution in [2.24, 2.45) is 0 Å². The Bertz CT molecular complexity index is 552. The molecule has 0 amide bonds. The summed E-state index contributed by atoms with van der Waals surface area (Å²) < 4.78 is 5.27. The van der Waals surface area contributed by atoms with Gasteiger partial charge in [0.05, 0.1) is 12.6 Å². The third-order valence-electron chi connectivity index (χ3n) is 3.08. The number of rotatable bonds is 6. The molecule has 2 aromatic rings. The van der Waals surface area contributed by atoms with Crippen LogP contribution in [0.3, 0.4) is 0 Å². The Hall–Kier alpha value is -1.72. The van der Waals surface area contributed by atoms with Gasteiger partial charge in [-0.3, -0.25) is 4.90 Å². The molecule has 5 nitrogen and oxygen atoms in total. The molecule has 0 saturated heterocycles. The summed E-state index contributed by atoms with van der Waals surface area (Å²) in [6.07, 6.45) is 0.443. The number of hydrogen-bond acceptors (Lipinski definition) is 5. The van der Waals surface area contributed by atoms with Crippen molar-refractivity contribution in [1.29, 1.82) is 0 Å². The van der Waals surface area contributed by atoms with Crippen LogP contribution in [0, 0.1) is 6.92 Å². The molecule has 1 aromatic carbocycles. The van der Waals surface area contributed by atoms with E-state index in [2.05, 4.69) is 15.0 Å². The molecule has 108 valence electrons. The molecule has 20 heavy (non-hydrogen) atoms. The first-order chi connectivity index (χ1) is 9.54. The van der Waals surface area contributed by atoms with Crippen molar-refractivity contribution < 1.29 is 9.63 Å². The average Bonchev–Trinajstić information content (AvgIpc) is 2.85. The monoisotopic (exact) mass is 275 g/mol. The largest absolute Gasteiger partial charge is 0.393 e. The number of nitrogens with zero attached hydrogens (tertiary/aromatic N) is 3. The number of aromatic nitrogens is 2. The summed E-state index contributed by atoms with van der Waals surface area (Å²) in [5.74, 6) is 1.21. The second-order valence-electron chi connectivity index (χ2n) is 5.26. The Kier molecular flexibility index (Phi) is 4.87. The minimum absolute atomic E-state index is 0.289. The van der Waals surface area contributed by atoms with E-state index in [1.54, 1.807) is 6.92 Å². The summed E-state index contributed by atoms with van der Waals surface area (Å²) in [5, 5.41) is 13.3. The lowest BCUT2D eigenvalue weighted by molar-refractivity contribution is 0.158. The topological polar surface area (TPSA) is 62.4 Å². The molecule has 0 fully saturated rings. The van der Waals surface area contributed by atoms with E-state index in [9.17, 15) is 5.11 Å². The van der Waals surface area contributed by atoms with E-state index in [4.69, 9.17) is 4.52 Å². The third-order valence-corrected chi connectivity index (χ3v) is 3.08. The maximum Gasteiger partial charge on any atom is 0.241 e. The third kappa shape index (κ3) is 4.15. The molecule has 1 N–H and O–H groups in total. The summed E-state index contributed by atoms with van der Waals surface area (Å²) in [5.41, 5.74) is 2.13. The van der Waals surface area contributed by atoms with E-state index < -0.39 is 0 Å². The van der Waals surface area contributed by atoms with Gasteiger partial charge in [-0.15, -0.1) is 0 Å². The molecule has 0 bridgehead atoms. The van der Waals surface area contributed by atoms with Gasteiger partial charge in [-0.05, 0) is 33.4 Å². The van der Waals surface area contributed by atoms with Crippen molar-refractivity contribution in [3.8, 4) is 11.4 Å². The Morgan fingerprint density at radius 2 is 2.20 bits per heavy atom. The minimum Gasteiger partial charge on any atom is -0.393 e. The van der Waals surface area contributed by atoms with Crippen LogP contribution in [0.15, 0.2) is 28.8 Å². The molecule has 0 aliphatic heterocycles. The molecule has 0 saturated carbocycles. The van der Waals surface area contributed by atoms with Crippen LogP contribution in [0.5, 0.6) is 0 Å². The highest BCUT2D eigenvalue weighted by molar-refractivity contribution is 5.55. The van der Waals surface area contributed by atoms with Crippen LogP contribution in [-0.4, -0.2) is 39.8 Å². The SMILES string of the molecule is Cc1cccc(-c2noc(CN(C)CCC(C)O)n2)c1. The molecule has 1 atom stereocenters. The van der Waals surface area contributed by atoms with Gasteiger partial charge < -0.3 is 9.63 Å². The Balaban J connectivity index is 1.99. The summed E-state index contributed by atoms with van der Waals surface area (Å²) >= 11 is 0. The molecule has 0 radical (unpaired) electrons. The molecule has 5 heteroatoms. The molecule has 1 heterocycles. The molecule has 1 unspecified atom stereocenters. The zero-order chi connectivity index (χ0) is 14.5. The lowest BCUT2D eigenvalue weighted by Crippen LogP contribution is -2.22. The van der Waals surface area contributed by atoms with E-state index >= 15 is 0 Å². The number of aliphatic hydroxyl groups is 1. The molecule has 0 aliphatic carbocycles. The first kappa shape index (κ1) is 14.7. The quantitative estimate of drug-likeness (QED) is 0.876. The van der Waals surface area contributed by atoms with Crippen LogP contribution >= 0.6 is 0 Å². The molecule has 0 aliphatic rings. The minimum atomic E-state index is -0.289. The Labute approximate surface area is 119 Å². The smallest absolute Gasteiger partial charge is 0.241 e. The van der Waals surface area contributed by atoms with Gasteiger partial charge in [0.1, 0.15) is 0 Å². The van der Waals surface area contributed by atoms with E-state index in [1.165, 1.54) is 5.56 Å². The maximum absolute atomic E-state index is 9.27. The molecular weight excluding hydrogens is 254 g/mol. The van der Waals surface area contributed by atoms with Crippen molar-refractivity contribution in [1.82, 2.24) is 15.0 Å². The summed E-state index contributed by atoms with van der Waals surface area (Å²) in [4.78, 5) is 6.46. The van der Waals surface area contributed by atoms with Crippen molar-refractivity contribution in [2.75, 3.05) is 13.6 Å². The second kappa shape index (κ2) is 6.63. The Morgan fingerprint density at radius 3 is 2.90 bits per heavy atom. The van der Waals surface area contributed by atoms with Crippen molar-refractivity contribution in [3.63, 3.8) is 0 Å². The van der Waals surface area contributed by atoms with Gasteiger partial charge in [0, 0.05) is 12.1 Å². The van der Waals surface area contributed by atoms with Gasteiger partial charge in [-0.2, -0.15) is 4.98 Å². The zero-order valence-corrected chi connectivity index (χ0v) is 12.2. The average molecular weight is 275 g/mol. The van der Waals surface area contributed by atoms with Crippen molar-refractivity contribution in [3.05, 3.63) is 35.7 Å². The van der Waals surface area contributed by atoms with Crippen LogP contribution in [0.2, 0.25) is 0 Å². The standard InChI is InChI=1S/C15H21N3O2/c1-11-5-4-6-13(9-11)15-16-14(20-17-15)10-18(3)8-7-12(2)19/h4-6,9,12,19H,7-8,10H2,1-3H3. The molecule has 2 rings (SSSR count). The summed E-state index contributed by atoms with van der Waals surface area (Å²) in [7, 11) is 1.97.